The van der Waals surface area contributed by atoms with Crippen molar-refractivity contribution in [3.8, 4) is 5.75 Å². The van der Waals surface area contributed by atoms with E-state index in [1.54, 1.807) is 25.0 Å². The molecule has 142 valence electrons. The van der Waals surface area contributed by atoms with Gasteiger partial charge in [-0.3, -0.25) is 14.5 Å². The van der Waals surface area contributed by atoms with Gasteiger partial charge in [-0.2, -0.15) is 0 Å². The largest absolute Gasteiger partial charge is 0.496 e. The molecule has 0 N–H and O–H groups in total. The van der Waals surface area contributed by atoms with Crippen molar-refractivity contribution in [3.05, 3.63) is 65.0 Å². The number of ether oxygens (including phenoxy) is 1. The van der Waals surface area contributed by atoms with Gasteiger partial charge in [-0.25, -0.2) is 4.39 Å². The zero-order valence-corrected chi connectivity index (χ0v) is 15.6. The van der Waals surface area contributed by atoms with Gasteiger partial charge in [-0.1, -0.05) is 0 Å². The third-order valence-electron chi connectivity index (χ3n) is 4.83. The number of halogens is 1. The maximum Gasteiger partial charge on any atom is 0.253 e. The molecule has 3 rings (SSSR count). The van der Waals surface area contributed by atoms with Crippen molar-refractivity contribution in [1.29, 1.82) is 0 Å². The predicted molar refractivity (Wildman–Crippen MR) is 101 cm³/mol. The SMILES string of the molecule is COc1ccc(C(C)=O)cc1CN1CCN(C(=O)c2ccc(F)cc2)CC1. The van der Waals surface area contributed by atoms with E-state index in [1.807, 2.05) is 12.1 Å². The van der Waals surface area contributed by atoms with Crippen LogP contribution in [0.2, 0.25) is 0 Å². The highest BCUT2D eigenvalue weighted by Crippen LogP contribution is 2.23. The molecule has 0 spiro atoms. The molecule has 27 heavy (non-hydrogen) atoms. The zero-order valence-electron chi connectivity index (χ0n) is 15.6. The first kappa shape index (κ1) is 19.0. The number of Topliss-reactive ketones (excluding diaryl/α,β-unsaturated/α-hetero) is 1. The summed E-state index contributed by atoms with van der Waals surface area (Å²) < 4.78 is 18.4. The van der Waals surface area contributed by atoms with Crippen LogP contribution in [0.3, 0.4) is 0 Å². The van der Waals surface area contributed by atoms with Gasteiger partial charge in [0.1, 0.15) is 11.6 Å². The third-order valence-corrected chi connectivity index (χ3v) is 4.83. The highest BCUT2D eigenvalue weighted by atomic mass is 19.1. The fraction of sp³-hybridized carbons (Fsp3) is 0.333. The zero-order chi connectivity index (χ0) is 19.4. The first-order valence-electron chi connectivity index (χ1n) is 8.93. The van der Waals surface area contributed by atoms with E-state index < -0.39 is 0 Å². The molecule has 1 aliphatic rings. The quantitative estimate of drug-likeness (QED) is 0.760. The second kappa shape index (κ2) is 8.31. The topological polar surface area (TPSA) is 49.9 Å². The Morgan fingerprint density at radius 2 is 1.63 bits per heavy atom. The maximum absolute atomic E-state index is 13.0. The average molecular weight is 370 g/mol. The normalized spacial score (nSPS) is 14.9. The van der Waals surface area contributed by atoms with Crippen LogP contribution in [-0.2, 0) is 6.54 Å². The van der Waals surface area contributed by atoms with Crippen LogP contribution < -0.4 is 4.74 Å². The number of hydrogen-bond acceptors (Lipinski definition) is 4. The smallest absolute Gasteiger partial charge is 0.253 e. The highest BCUT2D eigenvalue weighted by molar-refractivity contribution is 5.94. The van der Waals surface area contributed by atoms with E-state index in [1.165, 1.54) is 24.3 Å². The van der Waals surface area contributed by atoms with Crippen molar-refractivity contribution in [2.75, 3.05) is 33.3 Å². The molecule has 0 saturated carbocycles. The van der Waals surface area contributed by atoms with E-state index in [0.717, 1.165) is 24.4 Å². The lowest BCUT2D eigenvalue weighted by Gasteiger charge is -2.35. The Balaban J connectivity index is 1.63. The molecule has 2 aromatic carbocycles. The minimum absolute atomic E-state index is 0.0219. The van der Waals surface area contributed by atoms with Gasteiger partial charge < -0.3 is 9.64 Å². The maximum atomic E-state index is 13.0. The number of carbonyl (C=O) groups excluding carboxylic acids is 2. The summed E-state index contributed by atoms with van der Waals surface area (Å²) in [7, 11) is 1.62. The molecule has 0 radical (unpaired) electrons. The number of piperazine rings is 1. The van der Waals surface area contributed by atoms with Gasteiger partial charge in [0.15, 0.2) is 5.78 Å². The standard InChI is InChI=1S/C21H23FN2O3/c1-15(25)17-5-8-20(27-2)18(13-17)14-23-9-11-24(12-10-23)21(26)16-3-6-19(22)7-4-16/h3-8,13H,9-12,14H2,1-2H3. The Labute approximate surface area is 158 Å². The molecule has 0 aliphatic carbocycles. The van der Waals surface area contributed by atoms with Crippen LogP contribution in [0.5, 0.6) is 5.75 Å². The Bertz CT molecular complexity index is 828. The summed E-state index contributed by atoms with van der Waals surface area (Å²) in [5.41, 5.74) is 2.13. The van der Waals surface area contributed by atoms with Crippen LogP contribution in [0.25, 0.3) is 0 Å². The molecule has 0 aromatic heterocycles. The van der Waals surface area contributed by atoms with Crippen LogP contribution in [0, 0.1) is 5.82 Å². The minimum Gasteiger partial charge on any atom is -0.496 e. The van der Waals surface area contributed by atoms with Gasteiger partial charge in [0, 0.05) is 49.4 Å². The van der Waals surface area contributed by atoms with E-state index in [2.05, 4.69) is 4.90 Å². The Hall–Kier alpha value is -2.73. The van der Waals surface area contributed by atoms with Crippen molar-refractivity contribution in [2.45, 2.75) is 13.5 Å². The third kappa shape index (κ3) is 4.52. The van der Waals surface area contributed by atoms with Crippen molar-refractivity contribution in [3.63, 3.8) is 0 Å². The second-order valence-corrected chi connectivity index (χ2v) is 6.66. The summed E-state index contributed by atoms with van der Waals surface area (Å²) in [4.78, 5) is 28.2. The summed E-state index contributed by atoms with van der Waals surface area (Å²) in [6.07, 6.45) is 0. The Morgan fingerprint density at radius 1 is 1.00 bits per heavy atom. The molecule has 1 amide bonds. The van der Waals surface area contributed by atoms with Crippen molar-refractivity contribution < 1.29 is 18.7 Å². The number of ketones is 1. The number of nitrogens with zero attached hydrogens (tertiary/aromatic N) is 2. The van der Waals surface area contributed by atoms with Gasteiger partial charge in [-0.05, 0) is 49.4 Å². The summed E-state index contributed by atoms with van der Waals surface area (Å²) in [5.74, 6) is 0.349. The molecule has 1 saturated heterocycles. The van der Waals surface area contributed by atoms with E-state index in [4.69, 9.17) is 4.74 Å². The monoisotopic (exact) mass is 370 g/mol. The number of hydrogen-bond donors (Lipinski definition) is 0. The minimum atomic E-state index is -0.349. The van der Waals surface area contributed by atoms with E-state index in [0.29, 0.717) is 30.8 Å². The van der Waals surface area contributed by atoms with Crippen molar-refractivity contribution >= 4 is 11.7 Å². The molecule has 6 heteroatoms. The fourth-order valence-electron chi connectivity index (χ4n) is 3.25. The number of methoxy groups -OCH3 is 1. The lowest BCUT2D eigenvalue weighted by atomic mass is 10.1. The molecule has 1 heterocycles. The molecule has 0 atom stereocenters. The Kier molecular flexibility index (Phi) is 5.86. The van der Waals surface area contributed by atoms with Crippen LogP contribution in [0.1, 0.15) is 33.2 Å². The van der Waals surface area contributed by atoms with Crippen LogP contribution in [-0.4, -0.2) is 54.8 Å². The number of carbonyl (C=O) groups is 2. The van der Waals surface area contributed by atoms with Crippen molar-refractivity contribution in [1.82, 2.24) is 9.80 Å². The van der Waals surface area contributed by atoms with Crippen LogP contribution >= 0.6 is 0 Å². The summed E-state index contributed by atoms with van der Waals surface area (Å²) in [6.45, 7) is 4.85. The lowest BCUT2D eigenvalue weighted by molar-refractivity contribution is 0.0627. The molecule has 1 fully saturated rings. The Morgan fingerprint density at radius 3 is 2.22 bits per heavy atom. The van der Waals surface area contributed by atoms with E-state index in [9.17, 15) is 14.0 Å². The first-order chi connectivity index (χ1) is 13.0. The fourth-order valence-corrected chi connectivity index (χ4v) is 3.25. The van der Waals surface area contributed by atoms with Crippen LogP contribution in [0.15, 0.2) is 42.5 Å². The number of amides is 1. The summed E-state index contributed by atoms with van der Waals surface area (Å²) >= 11 is 0. The molecule has 0 bridgehead atoms. The van der Waals surface area contributed by atoms with Crippen molar-refractivity contribution in [2.24, 2.45) is 0 Å². The lowest BCUT2D eigenvalue weighted by Crippen LogP contribution is -2.48. The predicted octanol–water partition coefficient (Wildman–Crippen LogP) is 2.99. The first-order valence-corrected chi connectivity index (χ1v) is 8.93. The molecular weight excluding hydrogens is 347 g/mol. The highest BCUT2D eigenvalue weighted by Gasteiger charge is 2.23. The van der Waals surface area contributed by atoms with Gasteiger partial charge >= 0.3 is 0 Å². The number of rotatable bonds is 5. The molecule has 0 unspecified atom stereocenters. The van der Waals surface area contributed by atoms with Gasteiger partial charge in [0.2, 0.25) is 0 Å². The molecule has 2 aromatic rings. The van der Waals surface area contributed by atoms with Gasteiger partial charge in [-0.15, -0.1) is 0 Å². The molecule has 5 nitrogen and oxygen atoms in total. The second-order valence-electron chi connectivity index (χ2n) is 6.66. The molecule has 1 aliphatic heterocycles. The van der Waals surface area contributed by atoms with E-state index in [-0.39, 0.29) is 17.5 Å². The summed E-state index contributed by atoms with van der Waals surface area (Å²) in [5, 5.41) is 0. The molecular formula is C21H23FN2O3. The van der Waals surface area contributed by atoms with E-state index >= 15 is 0 Å². The number of benzene rings is 2. The summed E-state index contributed by atoms with van der Waals surface area (Å²) in [6, 6.07) is 11.1. The average Bonchev–Trinajstić information content (AvgIpc) is 2.68. The van der Waals surface area contributed by atoms with Gasteiger partial charge in [0.05, 0.1) is 7.11 Å². The van der Waals surface area contributed by atoms with Gasteiger partial charge in [0.25, 0.3) is 5.91 Å². The van der Waals surface area contributed by atoms with Crippen LogP contribution in [0.4, 0.5) is 4.39 Å².